The van der Waals surface area contributed by atoms with Gasteiger partial charge >= 0.3 is 0 Å². The second kappa shape index (κ2) is 3.49. The third kappa shape index (κ3) is 1.49. The summed E-state index contributed by atoms with van der Waals surface area (Å²) in [5.74, 6) is 0. The zero-order valence-electron chi connectivity index (χ0n) is 6.39. The van der Waals surface area contributed by atoms with Crippen molar-refractivity contribution in [2.45, 2.75) is 24.4 Å². The molecule has 4 nitrogen and oxygen atoms in total. The lowest BCUT2D eigenvalue weighted by Crippen LogP contribution is -2.52. The largest absolute Gasteiger partial charge is 0.388 e. The number of hydrogen-bond acceptors (Lipinski definition) is 4. The summed E-state index contributed by atoms with van der Waals surface area (Å²) >= 11 is 0. The maximum Gasteiger partial charge on any atom is 0.113 e. The summed E-state index contributed by atoms with van der Waals surface area (Å²) in [6.07, 6.45) is -2.72. The molecule has 0 fully saturated rings. The molecule has 1 aliphatic carbocycles. The van der Waals surface area contributed by atoms with Crippen molar-refractivity contribution >= 4 is 0 Å². The Morgan fingerprint density at radius 2 is 1.92 bits per heavy atom. The summed E-state index contributed by atoms with van der Waals surface area (Å²) in [5.41, 5.74) is 5.36. The average Bonchev–Trinajstić information content (AvgIpc) is 2.08. The molecule has 5 N–H and O–H groups in total. The first-order chi connectivity index (χ1) is 5.57. The Hall–Kier alpha value is -0.490. The second-order valence-corrected chi connectivity index (χ2v) is 2.88. The fraction of sp³-hybridized carbons (Fsp3) is 0.714. The highest BCUT2D eigenvalue weighted by molar-refractivity contribution is 5.20. The Labute approximate surface area is 69.1 Å². The van der Waals surface area contributed by atoms with Gasteiger partial charge in [0.15, 0.2) is 0 Å². The van der Waals surface area contributed by atoms with Gasteiger partial charge in [-0.05, 0) is 5.57 Å². The number of aliphatic hydroxyl groups is 3. The Balaban J connectivity index is 2.84. The molecule has 1 aliphatic rings. The normalized spacial score (nSPS) is 42.6. The average molecular weight is 177 g/mol. The fourth-order valence-electron chi connectivity index (χ4n) is 1.20. The van der Waals surface area contributed by atoms with Crippen LogP contribution in [0, 0.1) is 0 Å². The summed E-state index contributed by atoms with van der Waals surface area (Å²) in [5, 5.41) is 27.4. The molecule has 0 aliphatic heterocycles. The zero-order chi connectivity index (χ0) is 9.30. The van der Waals surface area contributed by atoms with Crippen molar-refractivity contribution in [3.8, 4) is 0 Å². The lowest BCUT2D eigenvalue weighted by molar-refractivity contribution is -0.0583. The molecule has 0 radical (unpaired) electrons. The van der Waals surface area contributed by atoms with E-state index in [0.29, 0.717) is 0 Å². The van der Waals surface area contributed by atoms with Gasteiger partial charge in [-0.25, -0.2) is 4.39 Å². The van der Waals surface area contributed by atoms with Crippen LogP contribution in [0.15, 0.2) is 11.6 Å². The van der Waals surface area contributed by atoms with Gasteiger partial charge < -0.3 is 21.1 Å². The molecule has 70 valence electrons. The molecular weight excluding hydrogens is 165 g/mol. The standard InChI is InChI=1S/C7H12FNO3/c8-2-3-1-4(9)6(11)7(12)5(3)10/h1,4-7,10-12H,2,9H2/t4-,5+,6+,7+/m1/s1. The molecule has 0 amide bonds. The van der Waals surface area contributed by atoms with Gasteiger partial charge in [0, 0.05) is 0 Å². The van der Waals surface area contributed by atoms with E-state index in [4.69, 9.17) is 21.1 Å². The zero-order valence-corrected chi connectivity index (χ0v) is 6.39. The molecule has 0 bridgehead atoms. The van der Waals surface area contributed by atoms with Gasteiger partial charge in [0.25, 0.3) is 0 Å². The molecule has 0 saturated carbocycles. The highest BCUT2D eigenvalue weighted by atomic mass is 19.1. The number of hydrogen-bond donors (Lipinski definition) is 4. The first-order valence-electron chi connectivity index (χ1n) is 3.64. The molecule has 4 atom stereocenters. The summed E-state index contributed by atoms with van der Waals surface area (Å²) in [4.78, 5) is 0. The van der Waals surface area contributed by atoms with Crippen LogP contribution in [0.25, 0.3) is 0 Å². The van der Waals surface area contributed by atoms with Crippen LogP contribution in [0.5, 0.6) is 0 Å². The summed E-state index contributed by atoms with van der Waals surface area (Å²) < 4.78 is 12.1. The van der Waals surface area contributed by atoms with Gasteiger partial charge in [-0.2, -0.15) is 0 Å². The maximum atomic E-state index is 12.1. The Bertz CT molecular complexity index is 197. The molecule has 0 spiro atoms. The molecule has 0 aromatic heterocycles. The van der Waals surface area contributed by atoms with E-state index in [1.54, 1.807) is 0 Å². The van der Waals surface area contributed by atoms with Gasteiger partial charge in [-0.15, -0.1) is 0 Å². The van der Waals surface area contributed by atoms with Crippen LogP contribution >= 0.6 is 0 Å². The fourth-order valence-corrected chi connectivity index (χ4v) is 1.20. The van der Waals surface area contributed by atoms with Crippen molar-refractivity contribution in [3.05, 3.63) is 11.6 Å². The van der Waals surface area contributed by atoms with E-state index in [0.717, 1.165) is 0 Å². The van der Waals surface area contributed by atoms with Crippen LogP contribution in [-0.4, -0.2) is 46.3 Å². The first kappa shape index (κ1) is 9.60. The van der Waals surface area contributed by atoms with Gasteiger partial charge in [0.1, 0.15) is 25.0 Å². The SMILES string of the molecule is N[C@@H]1C=C(CF)[C@H](O)[C@H](O)[C@H]1O. The maximum absolute atomic E-state index is 12.1. The minimum absolute atomic E-state index is 0.0281. The van der Waals surface area contributed by atoms with Crippen LogP contribution in [0.2, 0.25) is 0 Å². The highest BCUT2D eigenvalue weighted by Crippen LogP contribution is 2.19. The molecule has 0 aromatic rings. The van der Waals surface area contributed by atoms with Crippen LogP contribution in [0.4, 0.5) is 4.39 Å². The quantitative estimate of drug-likeness (QED) is 0.360. The molecule has 0 saturated heterocycles. The van der Waals surface area contributed by atoms with E-state index in [-0.39, 0.29) is 5.57 Å². The Morgan fingerprint density at radius 1 is 1.33 bits per heavy atom. The van der Waals surface area contributed by atoms with Crippen molar-refractivity contribution in [1.82, 2.24) is 0 Å². The minimum atomic E-state index is -1.39. The smallest absolute Gasteiger partial charge is 0.113 e. The predicted octanol–water partition coefficient (Wildman–Crippen LogP) is -1.69. The third-order valence-corrected chi connectivity index (χ3v) is 2.01. The van der Waals surface area contributed by atoms with Crippen LogP contribution in [-0.2, 0) is 0 Å². The Kier molecular flexibility index (Phi) is 2.79. The van der Waals surface area contributed by atoms with E-state index in [2.05, 4.69) is 0 Å². The van der Waals surface area contributed by atoms with Crippen molar-refractivity contribution in [2.75, 3.05) is 6.67 Å². The number of nitrogens with two attached hydrogens (primary N) is 1. The number of halogens is 1. The monoisotopic (exact) mass is 177 g/mol. The summed E-state index contributed by atoms with van der Waals surface area (Å²) in [7, 11) is 0. The van der Waals surface area contributed by atoms with Gasteiger partial charge in [-0.3, -0.25) is 0 Å². The van der Waals surface area contributed by atoms with E-state index in [1.807, 2.05) is 0 Å². The van der Waals surface area contributed by atoms with E-state index >= 15 is 0 Å². The third-order valence-electron chi connectivity index (χ3n) is 2.01. The van der Waals surface area contributed by atoms with Crippen molar-refractivity contribution in [1.29, 1.82) is 0 Å². The van der Waals surface area contributed by atoms with E-state index in [1.165, 1.54) is 6.08 Å². The van der Waals surface area contributed by atoms with Gasteiger partial charge in [0.05, 0.1) is 6.04 Å². The van der Waals surface area contributed by atoms with Gasteiger partial charge in [0.2, 0.25) is 0 Å². The molecule has 0 heterocycles. The lowest BCUT2D eigenvalue weighted by atomic mass is 9.89. The second-order valence-electron chi connectivity index (χ2n) is 2.88. The molecule has 12 heavy (non-hydrogen) atoms. The van der Waals surface area contributed by atoms with Crippen molar-refractivity contribution in [3.63, 3.8) is 0 Å². The lowest BCUT2D eigenvalue weighted by Gasteiger charge is -2.31. The summed E-state index contributed by atoms with van der Waals surface area (Å²) in [6.45, 7) is -0.862. The highest BCUT2D eigenvalue weighted by Gasteiger charge is 2.35. The van der Waals surface area contributed by atoms with Crippen LogP contribution in [0.1, 0.15) is 0 Å². The Morgan fingerprint density at radius 3 is 2.42 bits per heavy atom. The molecular formula is C7H12FNO3. The van der Waals surface area contributed by atoms with E-state index in [9.17, 15) is 4.39 Å². The predicted molar refractivity (Wildman–Crippen MR) is 40.1 cm³/mol. The van der Waals surface area contributed by atoms with Crippen molar-refractivity contribution in [2.24, 2.45) is 5.73 Å². The first-order valence-corrected chi connectivity index (χ1v) is 3.64. The van der Waals surface area contributed by atoms with Gasteiger partial charge in [-0.1, -0.05) is 6.08 Å². The number of aliphatic hydroxyl groups excluding tert-OH is 3. The van der Waals surface area contributed by atoms with E-state index < -0.39 is 31.0 Å². The molecule has 0 aromatic carbocycles. The molecule has 0 unspecified atom stereocenters. The van der Waals surface area contributed by atoms with Crippen molar-refractivity contribution < 1.29 is 19.7 Å². The number of rotatable bonds is 1. The number of alkyl halides is 1. The molecule has 5 heteroatoms. The van der Waals surface area contributed by atoms with Crippen LogP contribution in [0.3, 0.4) is 0 Å². The minimum Gasteiger partial charge on any atom is -0.388 e. The summed E-state index contributed by atoms with van der Waals surface area (Å²) in [6, 6.07) is -0.811. The molecule has 1 rings (SSSR count). The van der Waals surface area contributed by atoms with Crippen LogP contribution < -0.4 is 5.73 Å². The topological polar surface area (TPSA) is 86.7 Å².